The number of anilines is 1. The number of hydrogen-bond acceptors (Lipinski definition) is 2. The molecule has 0 bridgehead atoms. The van der Waals surface area contributed by atoms with E-state index in [1.54, 1.807) is 0 Å². The lowest BCUT2D eigenvalue weighted by Crippen LogP contribution is -2.48. The molecule has 3 heteroatoms. The van der Waals surface area contributed by atoms with Crippen LogP contribution in [0.2, 0.25) is 0 Å². The Morgan fingerprint density at radius 1 is 0.793 bits per heavy atom. The average Bonchev–Trinajstić information content (AvgIpc) is 3.13. The summed E-state index contributed by atoms with van der Waals surface area (Å²) in [7, 11) is 2.17. The van der Waals surface area contributed by atoms with Gasteiger partial charge in [0.05, 0.1) is 6.04 Å². The van der Waals surface area contributed by atoms with Crippen LogP contribution in [0.4, 0.5) is 5.82 Å². The fraction of sp³-hybridized carbons (Fsp3) is 0.231. The molecule has 0 spiro atoms. The molecule has 145 valence electrons. The maximum absolute atomic E-state index is 3.20. The zero-order valence-corrected chi connectivity index (χ0v) is 16.8. The molecule has 29 heavy (non-hydrogen) atoms. The van der Waals surface area contributed by atoms with Crippen LogP contribution in [0, 0.1) is 6.07 Å². The van der Waals surface area contributed by atoms with Crippen LogP contribution in [-0.2, 0) is 7.05 Å². The summed E-state index contributed by atoms with van der Waals surface area (Å²) in [6, 6.07) is 33.8. The Bertz CT molecular complexity index is 1040. The van der Waals surface area contributed by atoms with Crippen molar-refractivity contribution in [3.05, 3.63) is 102 Å². The van der Waals surface area contributed by atoms with Crippen molar-refractivity contribution in [3.8, 4) is 0 Å². The molecule has 5 rings (SSSR count). The smallest absolute Gasteiger partial charge is 0.109 e. The van der Waals surface area contributed by atoms with E-state index in [2.05, 4.69) is 106 Å². The largest absolute Gasteiger partial charge is 0.355 e. The van der Waals surface area contributed by atoms with E-state index in [0.29, 0.717) is 6.04 Å². The number of nitrogens with zero attached hydrogens (tertiary/aromatic N) is 3. The van der Waals surface area contributed by atoms with E-state index in [-0.39, 0.29) is 0 Å². The standard InChI is InChI=1S/C26H26N3/c1-27-24-15-9-8-14-23(24)20-25(27)28-16-18-29(19-17-28)26(21-10-4-2-5-11-21)22-12-6-3-7-13-22/h2-7,9-15,20,26H,16-19H2,1H3. The summed E-state index contributed by atoms with van der Waals surface area (Å²) in [5.74, 6) is 1.30. The van der Waals surface area contributed by atoms with E-state index in [1.165, 1.54) is 27.8 Å². The van der Waals surface area contributed by atoms with Crippen molar-refractivity contribution < 1.29 is 0 Å². The zero-order chi connectivity index (χ0) is 19.6. The van der Waals surface area contributed by atoms with Gasteiger partial charge in [-0.05, 0) is 35.4 Å². The van der Waals surface area contributed by atoms with Crippen LogP contribution in [0.5, 0.6) is 0 Å². The second-order valence-corrected chi connectivity index (χ2v) is 7.79. The van der Waals surface area contributed by atoms with Crippen LogP contribution in [0.15, 0.2) is 84.9 Å². The molecular weight excluding hydrogens is 354 g/mol. The number of aryl methyl sites for hydroxylation is 1. The lowest BCUT2D eigenvalue weighted by molar-refractivity contribution is 0.211. The summed E-state index contributed by atoms with van der Waals surface area (Å²) in [6.07, 6.45) is 0. The van der Waals surface area contributed by atoms with Crippen LogP contribution in [0.25, 0.3) is 10.9 Å². The topological polar surface area (TPSA) is 11.4 Å². The lowest BCUT2D eigenvalue weighted by Gasteiger charge is -2.40. The molecule has 1 aliphatic heterocycles. The molecule has 4 aromatic rings. The molecule has 1 aliphatic rings. The molecule has 0 amide bonds. The van der Waals surface area contributed by atoms with Crippen LogP contribution >= 0.6 is 0 Å². The van der Waals surface area contributed by atoms with Crippen molar-refractivity contribution in [2.45, 2.75) is 6.04 Å². The Kier molecular flexibility index (Phi) is 4.82. The highest BCUT2D eigenvalue weighted by atomic mass is 15.3. The van der Waals surface area contributed by atoms with Gasteiger partial charge in [0.25, 0.3) is 0 Å². The van der Waals surface area contributed by atoms with Gasteiger partial charge < -0.3 is 9.47 Å². The third-order valence-electron chi connectivity index (χ3n) is 6.10. The van der Waals surface area contributed by atoms with Crippen molar-refractivity contribution in [1.82, 2.24) is 9.47 Å². The predicted octanol–water partition coefficient (Wildman–Crippen LogP) is 4.89. The van der Waals surface area contributed by atoms with Gasteiger partial charge in [0, 0.05) is 44.1 Å². The first-order valence-electron chi connectivity index (χ1n) is 10.4. The Morgan fingerprint density at radius 3 is 2.00 bits per heavy atom. The lowest BCUT2D eigenvalue weighted by atomic mass is 9.96. The van der Waals surface area contributed by atoms with Gasteiger partial charge >= 0.3 is 0 Å². The van der Waals surface area contributed by atoms with E-state index >= 15 is 0 Å². The first-order valence-corrected chi connectivity index (χ1v) is 10.4. The van der Waals surface area contributed by atoms with Gasteiger partial charge in [-0.3, -0.25) is 4.90 Å². The zero-order valence-electron chi connectivity index (χ0n) is 16.8. The highest BCUT2D eigenvalue weighted by Crippen LogP contribution is 2.31. The molecular formula is C26H26N3. The first kappa shape index (κ1) is 18.0. The third kappa shape index (κ3) is 3.43. The van der Waals surface area contributed by atoms with Crippen LogP contribution in [0.3, 0.4) is 0 Å². The van der Waals surface area contributed by atoms with Gasteiger partial charge in [0.1, 0.15) is 5.82 Å². The van der Waals surface area contributed by atoms with Crippen molar-refractivity contribution in [2.75, 3.05) is 31.1 Å². The van der Waals surface area contributed by atoms with Gasteiger partial charge in [-0.15, -0.1) is 0 Å². The van der Waals surface area contributed by atoms with Crippen LogP contribution in [-0.4, -0.2) is 35.6 Å². The number of piperazine rings is 1. The highest BCUT2D eigenvalue weighted by molar-refractivity contribution is 5.85. The minimum absolute atomic E-state index is 0.307. The maximum atomic E-state index is 3.20. The van der Waals surface area contributed by atoms with Gasteiger partial charge in [0.15, 0.2) is 0 Å². The number of benzene rings is 3. The summed E-state index contributed by atoms with van der Waals surface area (Å²) < 4.78 is 2.31. The maximum Gasteiger partial charge on any atom is 0.109 e. The summed E-state index contributed by atoms with van der Waals surface area (Å²) in [5.41, 5.74) is 4.01. The minimum Gasteiger partial charge on any atom is -0.355 e. The fourth-order valence-electron chi connectivity index (χ4n) is 4.61. The fourth-order valence-corrected chi connectivity index (χ4v) is 4.61. The average molecular weight is 381 g/mol. The molecule has 0 atom stereocenters. The van der Waals surface area contributed by atoms with E-state index in [4.69, 9.17) is 0 Å². The van der Waals surface area contributed by atoms with Crippen molar-refractivity contribution in [2.24, 2.45) is 7.05 Å². The number of aromatic nitrogens is 1. The second-order valence-electron chi connectivity index (χ2n) is 7.79. The summed E-state index contributed by atoms with van der Waals surface area (Å²) >= 11 is 0. The molecule has 1 aromatic heterocycles. The Hall–Kier alpha value is -3.04. The quantitative estimate of drug-likeness (QED) is 0.499. The van der Waals surface area contributed by atoms with Gasteiger partial charge in [-0.1, -0.05) is 66.7 Å². The number of fused-ring (bicyclic) bond motifs is 1. The van der Waals surface area contributed by atoms with Crippen LogP contribution in [0.1, 0.15) is 17.2 Å². The van der Waals surface area contributed by atoms with Gasteiger partial charge in [-0.2, -0.15) is 0 Å². The van der Waals surface area contributed by atoms with E-state index in [0.717, 1.165) is 26.2 Å². The molecule has 1 saturated heterocycles. The third-order valence-corrected chi connectivity index (χ3v) is 6.10. The molecule has 0 unspecified atom stereocenters. The molecule has 3 nitrogen and oxygen atoms in total. The summed E-state index contributed by atoms with van der Waals surface area (Å²) in [5, 5.41) is 1.26. The van der Waals surface area contributed by atoms with E-state index in [9.17, 15) is 0 Å². The normalized spacial score (nSPS) is 15.3. The monoisotopic (exact) mass is 380 g/mol. The summed E-state index contributed by atoms with van der Waals surface area (Å²) in [6.45, 7) is 4.15. The van der Waals surface area contributed by atoms with Crippen molar-refractivity contribution >= 4 is 16.7 Å². The van der Waals surface area contributed by atoms with Crippen LogP contribution < -0.4 is 4.90 Å². The highest BCUT2D eigenvalue weighted by Gasteiger charge is 2.27. The molecule has 0 aliphatic carbocycles. The SMILES string of the molecule is Cn1c(N2CCN(C(c3ccccc3)c3ccccc3)CC2)cc2c[c]ccc21. The van der Waals surface area contributed by atoms with Gasteiger partial charge in [0.2, 0.25) is 0 Å². The Morgan fingerprint density at radius 2 is 1.41 bits per heavy atom. The summed E-state index contributed by atoms with van der Waals surface area (Å²) in [4.78, 5) is 5.14. The van der Waals surface area contributed by atoms with E-state index in [1.807, 2.05) is 6.07 Å². The molecule has 3 aromatic carbocycles. The Labute approximate surface area is 172 Å². The Balaban J connectivity index is 1.40. The number of hydrogen-bond donors (Lipinski definition) is 0. The van der Waals surface area contributed by atoms with Crippen molar-refractivity contribution in [1.29, 1.82) is 0 Å². The first-order chi connectivity index (χ1) is 14.3. The predicted molar refractivity (Wildman–Crippen MR) is 120 cm³/mol. The van der Waals surface area contributed by atoms with E-state index < -0.39 is 0 Å². The molecule has 1 fully saturated rings. The number of rotatable bonds is 4. The molecule has 2 heterocycles. The molecule has 0 N–H and O–H groups in total. The van der Waals surface area contributed by atoms with Gasteiger partial charge in [-0.25, -0.2) is 0 Å². The molecule has 0 saturated carbocycles. The minimum atomic E-state index is 0.307. The second kappa shape index (κ2) is 7.76. The van der Waals surface area contributed by atoms with Crippen molar-refractivity contribution in [3.63, 3.8) is 0 Å². The molecule has 1 radical (unpaired) electrons.